The van der Waals surface area contributed by atoms with Gasteiger partial charge in [0.05, 0.1) is 6.54 Å². The van der Waals surface area contributed by atoms with Crippen LogP contribution in [-0.2, 0) is 17.9 Å². The molecular formula is C18H26N4O. The van der Waals surface area contributed by atoms with E-state index in [4.69, 9.17) is 0 Å². The summed E-state index contributed by atoms with van der Waals surface area (Å²) in [6.45, 7) is 5.48. The molecule has 23 heavy (non-hydrogen) atoms. The Balaban J connectivity index is 2.23. The minimum absolute atomic E-state index is 0.0787. The Morgan fingerprint density at radius 3 is 2.57 bits per heavy atom. The summed E-state index contributed by atoms with van der Waals surface area (Å²) in [7, 11) is 5.72. The molecule has 2 rings (SSSR count). The molecule has 0 radical (unpaired) electrons. The molecular weight excluding hydrogens is 288 g/mol. The van der Waals surface area contributed by atoms with Crippen LogP contribution in [0.3, 0.4) is 0 Å². The van der Waals surface area contributed by atoms with Gasteiger partial charge in [0.15, 0.2) is 0 Å². The summed E-state index contributed by atoms with van der Waals surface area (Å²) in [4.78, 5) is 21.1. The van der Waals surface area contributed by atoms with E-state index >= 15 is 0 Å². The molecule has 0 unspecified atom stereocenters. The smallest absolute Gasteiger partial charge is 0.244 e. The van der Waals surface area contributed by atoms with Crippen LogP contribution in [0.4, 0.5) is 0 Å². The van der Waals surface area contributed by atoms with Crippen LogP contribution in [0.15, 0.2) is 36.7 Å². The zero-order valence-electron chi connectivity index (χ0n) is 14.7. The molecule has 2 aromatic rings. The number of imidazole rings is 1. The molecule has 1 aromatic heterocycles. The van der Waals surface area contributed by atoms with Crippen molar-refractivity contribution in [1.29, 1.82) is 0 Å². The number of rotatable bonds is 6. The van der Waals surface area contributed by atoms with Gasteiger partial charge in [-0.25, -0.2) is 4.98 Å². The predicted octanol–water partition coefficient (Wildman–Crippen LogP) is 2.47. The lowest BCUT2D eigenvalue weighted by Gasteiger charge is -2.29. The van der Waals surface area contributed by atoms with Crippen molar-refractivity contribution in [1.82, 2.24) is 19.4 Å². The molecule has 0 aliphatic rings. The lowest BCUT2D eigenvalue weighted by atomic mass is 9.99. The third kappa shape index (κ3) is 3.79. The van der Waals surface area contributed by atoms with Crippen LogP contribution in [0.2, 0.25) is 0 Å². The van der Waals surface area contributed by atoms with Crippen LogP contribution in [0.25, 0.3) is 0 Å². The molecule has 124 valence electrons. The van der Waals surface area contributed by atoms with Crippen LogP contribution in [0.1, 0.15) is 29.9 Å². The Bertz CT molecular complexity index is 663. The van der Waals surface area contributed by atoms with E-state index in [0.717, 1.165) is 23.5 Å². The molecule has 0 aliphatic carbocycles. The van der Waals surface area contributed by atoms with Crippen molar-refractivity contribution in [3.05, 3.63) is 53.6 Å². The minimum atomic E-state index is -0.286. The van der Waals surface area contributed by atoms with Crippen LogP contribution in [0.5, 0.6) is 0 Å². The second-order valence-electron chi connectivity index (χ2n) is 6.05. The van der Waals surface area contributed by atoms with Gasteiger partial charge in [-0.2, -0.15) is 0 Å². The Morgan fingerprint density at radius 2 is 1.96 bits per heavy atom. The normalized spacial score (nSPS) is 12.4. The first-order valence-electron chi connectivity index (χ1n) is 7.92. The zero-order valence-corrected chi connectivity index (χ0v) is 14.7. The largest absolute Gasteiger partial charge is 0.337 e. The van der Waals surface area contributed by atoms with Gasteiger partial charge in [-0.15, -0.1) is 0 Å². The summed E-state index contributed by atoms with van der Waals surface area (Å²) in [5.74, 6) is 0.987. The molecule has 1 heterocycles. The molecule has 0 N–H and O–H groups in total. The molecule has 5 heteroatoms. The van der Waals surface area contributed by atoms with E-state index in [1.807, 2.05) is 63.4 Å². The Labute approximate surface area is 138 Å². The van der Waals surface area contributed by atoms with Gasteiger partial charge in [0.2, 0.25) is 5.91 Å². The van der Waals surface area contributed by atoms with E-state index in [2.05, 4.69) is 16.5 Å². The molecule has 5 nitrogen and oxygen atoms in total. The van der Waals surface area contributed by atoms with Gasteiger partial charge in [-0.3, -0.25) is 9.69 Å². The number of hydrogen-bond donors (Lipinski definition) is 0. The standard InChI is InChI=1S/C18H26N4O/c1-6-22-12-11-19-16(22)13-21(5)18(23)17(20(3)4)15-10-8-7-9-14(15)2/h7-12,17H,6,13H2,1-5H3/t17-/m0/s1. The molecule has 1 amide bonds. The fourth-order valence-electron chi connectivity index (χ4n) is 2.80. The summed E-state index contributed by atoms with van der Waals surface area (Å²) in [5.41, 5.74) is 2.18. The van der Waals surface area contributed by atoms with Crippen molar-refractivity contribution in [2.45, 2.75) is 33.0 Å². The highest BCUT2D eigenvalue weighted by Crippen LogP contribution is 2.24. The third-order valence-corrected chi connectivity index (χ3v) is 4.13. The van der Waals surface area contributed by atoms with Crippen molar-refractivity contribution in [2.24, 2.45) is 0 Å². The Hall–Kier alpha value is -2.14. The first-order valence-corrected chi connectivity index (χ1v) is 7.92. The Morgan fingerprint density at radius 1 is 1.26 bits per heavy atom. The van der Waals surface area contributed by atoms with Crippen LogP contribution < -0.4 is 0 Å². The van der Waals surface area contributed by atoms with Crippen LogP contribution in [-0.4, -0.2) is 46.4 Å². The van der Waals surface area contributed by atoms with E-state index in [1.165, 1.54) is 0 Å². The van der Waals surface area contributed by atoms with Crippen LogP contribution in [0, 0.1) is 6.92 Å². The number of carbonyl (C=O) groups excluding carboxylic acids is 1. The highest BCUT2D eigenvalue weighted by molar-refractivity contribution is 5.83. The number of likely N-dealkylation sites (N-methyl/N-ethyl adjacent to an activating group) is 2. The van der Waals surface area contributed by atoms with Gasteiger partial charge in [-0.1, -0.05) is 24.3 Å². The fraction of sp³-hybridized carbons (Fsp3) is 0.444. The number of hydrogen-bond acceptors (Lipinski definition) is 3. The maximum atomic E-state index is 13.0. The molecule has 0 bridgehead atoms. The fourth-order valence-corrected chi connectivity index (χ4v) is 2.80. The number of carbonyl (C=O) groups is 1. The van der Waals surface area contributed by atoms with E-state index in [0.29, 0.717) is 6.54 Å². The van der Waals surface area contributed by atoms with Crippen molar-refractivity contribution in [2.75, 3.05) is 21.1 Å². The Kier molecular flexibility index (Phi) is 5.55. The van der Waals surface area contributed by atoms with Crippen molar-refractivity contribution < 1.29 is 4.79 Å². The summed E-state index contributed by atoms with van der Waals surface area (Å²) < 4.78 is 2.06. The monoisotopic (exact) mass is 314 g/mol. The predicted molar refractivity (Wildman–Crippen MR) is 92.0 cm³/mol. The summed E-state index contributed by atoms with van der Waals surface area (Å²) in [5, 5.41) is 0. The molecule has 0 spiro atoms. The topological polar surface area (TPSA) is 41.4 Å². The molecule has 0 fully saturated rings. The van der Waals surface area contributed by atoms with Crippen molar-refractivity contribution >= 4 is 5.91 Å². The number of aryl methyl sites for hydroxylation is 2. The average Bonchev–Trinajstić information content (AvgIpc) is 2.96. The summed E-state index contributed by atoms with van der Waals surface area (Å²) in [6, 6.07) is 7.77. The highest BCUT2D eigenvalue weighted by Gasteiger charge is 2.27. The van der Waals surface area contributed by atoms with Crippen LogP contribution >= 0.6 is 0 Å². The SMILES string of the molecule is CCn1ccnc1CN(C)C(=O)[C@H](c1ccccc1C)N(C)C. The molecule has 0 aliphatic heterocycles. The van der Waals surface area contributed by atoms with E-state index in [9.17, 15) is 4.79 Å². The van der Waals surface area contributed by atoms with Gasteiger partial charge in [0, 0.05) is 26.0 Å². The maximum Gasteiger partial charge on any atom is 0.244 e. The number of nitrogens with zero attached hydrogens (tertiary/aromatic N) is 4. The molecule has 0 saturated carbocycles. The van der Waals surface area contributed by atoms with E-state index in [-0.39, 0.29) is 11.9 Å². The highest BCUT2D eigenvalue weighted by atomic mass is 16.2. The molecule has 1 atom stereocenters. The summed E-state index contributed by atoms with van der Waals surface area (Å²) in [6.07, 6.45) is 3.72. The van der Waals surface area contributed by atoms with Gasteiger partial charge >= 0.3 is 0 Å². The maximum absolute atomic E-state index is 13.0. The second-order valence-corrected chi connectivity index (χ2v) is 6.05. The first-order chi connectivity index (χ1) is 11.0. The number of aromatic nitrogens is 2. The third-order valence-electron chi connectivity index (χ3n) is 4.13. The van der Waals surface area contributed by atoms with Crippen molar-refractivity contribution in [3.8, 4) is 0 Å². The first kappa shape index (κ1) is 17.2. The van der Waals surface area contributed by atoms with Gasteiger partial charge < -0.3 is 9.47 Å². The number of benzene rings is 1. The van der Waals surface area contributed by atoms with E-state index in [1.54, 1.807) is 11.1 Å². The second kappa shape index (κ2) is 7.42. The molecule has 1 aromatic carbocycles. The minimum Gasteiger partial charge on any atom is -0.337 e. The van der Waals surface area contributed by atoms with Gasteiger partial charge in [0.25, 0.3) is 0 Å². The van der Waals surface area contributed by atoms with Gasteiger partial charge in [-0.05, 0) is 39.1 Å². The lowest BCUT2D eigenvalue weighted by Crippen LogP contribution is -2.38. The number of amides is 1. The quantitative estimate of drug-likeness (QED) is 0.822. The lowest BCUT2D eigenvalue weighted by molar-refractivity contribution is -0.135. The van der Waals surface area contributed by atoms with Crippen molar-refractivity contribution in [3.63, 3.8) is 0 Å². The molecule has 0 saturated heterocycles. The summed E-state index contributed by atoms with van der Waals surface area (Å²) >= 11 is 0. The average molecular weight is 314 g/mol. The van der Waals surface area contributed by atoms with Gasteiger partial charge in [0.1, 0.15) is 11.9 Å². The zero-order chi connectivity index (χ0) is 17.0. The van der Waals surface area contributed by atoms with E-state index < -0.39 is 0 Å².